The summed E-state index contributed by atoms with van der Waals surface area (Å²) in [4.78, 5) is 19.0. The highest BCUT2D eigenvalue weighted by Gasteiger charge is 2.13. The number of benzene rings is 2. The van der Waals surface area contributed by atoms with Gasteiger partial charge in [0.25, 0.3) is 5.56 Å². The summed E-state index contributed by atoms with van der Waals surface area (Å²) in [6, 6.07) is 11.6. The Labute approximate surface area is 169 Å². The second-order valence-electron chi connectivity index (χ2n) is 5.42. The molecule has 0 atom stereocenters. The monoisotopic (exact) mass is 421 g/mol. The minimum atomic E-state index is -0.570. The van der Waals surface area contributed by atoms with Crippen molar-refractivity contribution in [3.05, 3.63) is 73.2 Å². The van der Waals surface area contributed by atoms with E-state index >= 15 is 0 Å². The number of methoxy groups -OCH3 is 1. The van der Waals surface area contributed by atoms with Crippen LogP contribution in [0, 0.1) is 4.77 Å². The molecule has 138 valence electrons. The van der Waals surface area contributed by atoms with Crippen LogP contribution < -0.4 is 10.3 Å². The number of aliphatic imine (C=N–C) groups is 1. The first-order valence-corrected chi connectivity index (χ1v) is 8.78. The van der Waals surface area contributed by atoms with E-state index in [9.17, 15) is 9.90 Å². The third kappa shape index (κ3) is 4.21. The second-order valence-corrected chi connectivity index (χ2v) is 6.68. The molecule has 0 aliphatic carbocycles. The van der Waals surface area contributed by atoms with Gasteiger partial charge in [-0.2, -0.15) is 0 Å². The first-order chi connectivity index (χ1) is 12.9. The second kappa shape index (κ2) is 7.96. The van der Waals surface area contributed by atoms with Crippen LogP contribution in [0.25, 0.3) is 5.69 Å². The standard InChI is InChI=1S/C18H13Cl2N3O3S/c1-26-14-4-2-12(3-5-14)21-9-15-16(24)22-18(27)23(17(15)25)13-7-10(19)6-11(20)8-13/h2-9,25H,1H3,(H,22,24,27). The van der Waals surface area contributed by atoms with Gasteiger partial charge in [0.1, 0.15) is 11.3 Å². The van der Waals surface area contributed by atoms with Crippen LogP contribution in [-0.2, 0) is 0 Å². The highest BCUT2D eigenvalue weighted by atomic mass is 35.5. The van der Waals surface area contributed by atoms with Crippen LogP contribution in [0.3, 0.4) is 0 Å². The number of H-pyrrole nitrogens is 1. The van der Waals surface area contributed by atoms with Crippen molar-refractivity contribution in [1.82, 2.24) is 9.55 Å². The summed E-state index contributed by atoms with van der Waals surface area (Å²) < 4.78 is 6.34. The lowest BCUT2D eigenvalue weighted by Crippen LogP contribution is -2.18. The van der Waals surface area contributed by atoms with Crippen molar-refractivity contribution in [1.29, 1.82) is 0 Å². The van der Waals surface area contributed by atoms with Gasteiger partial charge in [-0.15, -0.1) is 0 Å². The molecular weight excluding hydrogens is 409 g/mol. The maximum absolute atomic E-state index is 12.2. The van der Waals surface area contributed by atoms with Crippen LogP contribution in [-0.4, -0.2) is 28.0 Å². The molecule has 0 bridgehead atoms. The minimum Gasteiger partial charge on any atom is -0.497 e. The molecule has 27 heavy (non-hydrogen) atoms. The Balaban J connectivity index is 2.09. The Morgan fingerprint density at radius 1 is 1.19 bits per heavy atom. The van der Waals surface area contributed by atoms with Crippen molar-refractivity contribution in [2.24, 2.45) is 4.99 Å². The van der Waals surface area contributed by atoms with Gasteiger partial charge in [-0.1, -0.05) is 23.2 Å². The molecule has 2 N–H and O–H groups in total. The fourth-order valence-corrected chi connectivity index (χ4v) is 3.17. The number of halogens is 2. The molecule has 2 aromatic carbocycles. The van der Waals surface area contributed by atoms with Crippen molar-refractivity contribution < 1.29 is 9.84 Å². The SMILES string of the molecule is COc1ccc(N=Cc2c(O)n(-c3cc(Cl)cc(Cl)c3)c(=S)[nH]c2=O)cc1. The van der Waals surface area contributed by atoms with Gasteiger partial charge >= 0.3 is 0 Å². The Morgan fingerprint density at radius 3 is 2.41 bits per heavy atom. The molecule has 0 fully saturated rings. The van der Waals surface area contributed by atoms with Crippen LogP contribution >= 0.6 is 35.4 Å². The molecule has 0 aliphatic heterocycles. The molecule has 3 aromatic rings. The van der Waals surface area contributed by atoms with Gasteiger partial charge in [-0.3, -0.25) is 19.3 Å². The average molecular weight is 422 g/mol. The predicted octanol–water partition coefficient (Wildman–Crippen LogP) is 4.67. The zero-order valence-corrected chi connectivity index (χ0v) is 16.3. The van der Waals surface area contributed by atoms with E-state index in [4.69, 9.17) is 40.2 Å². The Morgan fingerprint density at radius 2 is 1.81 bits per heavy atom. The summed E-state index contributed by atoms with van der Waals surface area (Å²) in [6.45, 7) is 0. The first kappa shape index (κ1) is 19.2. The van der Waals surface area contributed by atoms with Crippen molar-refractivity contribution >= 4 is 47.3 Å². The molecule has 6 nitrogen and oxygen atoms in total. The smallest absolute Gasteiger partial charge is 0.264 e. The van der Waals surface area contributed by atoms with E-state index in [1.165, 1.54) is 10.8 Å². The Bertz CT molecular complexity index is 1120. The summed E-state index contributed by atoms with van der Waals surface area (Å²) in [5.41, 5.74) is 0.356. The minimum absolute atomic E-state index is 0.00238. The average Bonchev–Trinajstić information content (AvgIpc) is 2.61. The van der Waals surface area contributed by atoms with E-state index in [2.05, 4.69) is 9.98 Å². The normalized spacial score (nSPS) is 11.1. The van der Waals surface area contributed by atoms with E-state index in [0.717, 1.165) is 0 Å². The Kier molecular flexibility index (Phi) is 5.65. The van der Waals surface area contributed by atoms with Gasteiger partial charge < -0.3 is 9.84 Å². The van der Waals surface area contributed by atoms with Gasteiger partial charge in [-0.25, -0.2) is 0 Å². The summed E-state index contributed by atoms with van der Waals surface area (Å²) in [7, 11) is 1.56. The predicted molar refractivity (Wildman–Crippen MR) is 109 cm³/mol. The van der Waals surface area contributed by atoms with Crippen molar-refractivity contribution in [3.63, 3.8) is 0 Å². The molecule has 0 aliphatic rings. The van der Waals surface area contributed by atoms with E-state index in [-0.39, 0.29) is 16.2 Å². The number of hydrogen-bond acceptors (Lipinski definition) is 5. The number of aromatic hydroxyl groups is 1. The zero-order valence-electron chi connectivity index (χ0n) is 13.9. The number of aromatic amines is 1. The lowest BCUT2D eigenvalue weighted by Gasteiger charge is -2.12. The van der Waals surface area contributed by atoms with Crippen LogP contribution in [0.1, 0.15) is 5.56 Å². The molecule has 0 saturated carbocycles. The van der Waals surface area contributed by atoms with Crippen LogP contribution in [0.2, 0.25) is 10.0 Å². The summed E-state index contributed by atoms with van der Waals surface area (Å²) in [5.74, 6) is 0.306. The van der Waals surface area contributed by atoms with Crippen LogP contribution in [0.5, 0.6) is 11.6 Å². The maximum atomic E-state index is 12.2. The van der Waals surface area contributed by atoms with Gasteiger partial charge in [-0.05, 0) is 54.7 Å². The third-order valence-corrected chi connectivity index (χ3v) is 4.36. The molecule has 0 spiro atoms. The molecule has 0 saturated heterocycles. The Hall–Kier alpha value is -2.61. The van der Waals surface area contributed by atoms with E-state index in [1.807, 2.05) is 0 Å². The topological polar surface area (TPSA) is 79.6 Å². The number of hydrogen-bond donors (Lipinski definition) is 2. The molecule has 0 unspecified atom stereocenters. The van der Waals surface area contributed by atoms with Crippen molar-refractivity contribution in [2.75, 3.05) is 7.11 Å². The van der Waals surface area contributed by atoms with Crippen molar-refractivity contribution in [3.8, 4) is 17.3 Å². The molecule has 3 rings (SSSR count). The zero-order chi connectivity index (χ0) is 19.6. The molecular formula is C18H13Cl2N3O3S. The van der Waals surface area contributed by atoms with Gasteiger partial charge in [0.15, 0.2) is 4.77 Å². The lowest BCUT2D eigenvalue weighted by atomic mass is 10.2. The van der Waals surface area contributed by atoms with Gasteiger partial charge in [0.2, 0.25) is 5.88 Å². The van der Waals surface area contributed by atoms with Crippen LogP contribution in [0.4, 0.5) is 5.69 Å². The fourth-order valence-electron chi connectivity index (χ4n) is 2.37. The maximum Gasteiger partial charge on any atom is 0.264 e. The highest BCUT2D eigenvalue weighted by molar-refractivity contribution is 7.71. The lowest BCUT2D eigenvalue weighted by molar-refractivity contribution is 0.415. The summed E-state index contributed by atoms with van der Waals surface area (Å²) in [6.07, 6.45) is 1.26. The molecule has 0 radical (unpaired) electrons. The van der Waals surface area contributed by atoms with E-state index < -0.39 is 5.56 Å². The van der Waals surface area contributed by atoms with E-state index in [1.54, 1.807) is 49.6 Å². The number of rotatable bonds is 4. The van der Waals surface area contributed by atoms with E-state index in [0.29, 0.717) is 27.2 Å². The fraction of sp³-hybridized carbons (Fsp3) is 0.0556. The quantitative estimate of drug-likeness (QED) is 0.473. The molecule has 0 amide bonds. The number of aromatic nitrogens is 2. The molecule has 9 heteroatoms. The first-order valence-electron chi connectivity index (χ1n) is 7.62. The molecule has 1 heterocycles. The number of nitrogens with one attached hydrogen (secondary N) is 1. The summed E-state index contributed by atoms with van der Waals surface area (Å²) in [5, 5.41) is 11.3. The number of nitrogens with zero attached hydrogens (tertiary/aromatic N) is 2. The summed E-state index contributed by atoms with van der Waals surface area (Å²) >= 11 is 17.2. The number of ether oxygens (including phenoxy) is 1. The van der Waals surface area contributed by atoms with Crippen molar-refractivity contribution in [2.45, 2.75) is 0 Å². The molecule has 1 aromatic heterocycles. The largest absolute Gasteiger partial charge is 0.497 e. The third-order valence-electron chi connectivity index (χ3n) is 3.64. The highest BCUT2D eigenvalue weighted by Crippen LogP contribution is 2.26. The van der Waals surface area contributed by atoms with Crippen LogP contribution in [0.15, 0.2) is 52.3 Å². The van der Waals surface area contributed by atoms with Gasteiger partial charge in [0, 0.05) is 16.3 Å². The van der Waals surface area contributed by atoms with Gasteiger partial charge in [0.05, 0.1) is 18.5 Å².